The molecule has 2 fully saturated rings. The van der Waals surface area contributed by atoms with Crippen LogP contribution in [0, 0.1) is 0 Å². The minimum atomic E-state index is -4.39. The molecule has 0 saturated carbocycles. The zero-order valence-corrected chi connectivity index (χ0v) is 19.9. The summed E-state index contributed by atoms with van der Waals surface area (Å²) in [5.41, 5.74) is 3.20. The number of hydrogen-bond donors (Lipinski definition) is 1. The van der Waals surface area contributed by atoms with Gasteiger partial charge in [0.2, 0.25) is 0 Å². The fourth-order valence-electron chi connectivity index (χ4n) is 5.03. The van der Waals surface area contributed by atoms with Gasteiger partial charge in [-0.3, -0.25) is 14.8 Å². The van der Waals surface area contributed by atoms with Crippen molar-refractivity contribution in [3.63, 3.8) is 0 Å². The second kappa shape index (κ2) is 10.4. The number of hydrogen-bond acceptors (Lipinski definition) is 4. The molecule has 190 valence electrons. The highest BCUT2D eigenvalue weighted by Crippen LogP contribution is 2.37. The van der Waals surface area contributed by atoms with E-state index in [4.69, 9.17) is 4.74 Å². The van der Waals surface area contributed by atoms with Gasteiger partial charge in [-0.1, -0.05) is 24.3 Å². The van der Waals surface area contributed by atoms with E-state index < -0.39 is 11.7 Å². The number of aromatic nitrogens is 2. The lowest BCUT2D eigenvalue weighted by Gasteiger charge is -2.36. The first-order chi connectivity index (χ1) is 17.4. The van der Waals surface area contributed by atoms with E-state index in [1.807, 2.05) is 29.2 Å². The molecular weight excluding hydrogens is 469 g/mol. The van der Waals surface area contributed by atoms with Crippen LogP contribution >= 0.6 is 0 Å². The van der Waals surface area contributed by atoms with Crippen LogP contribution in [0.5, 0.6) is 0 Å². The van der Waals surface area contributed by atoms with Gasteiger partial charge in [-0.2, -0.15) is 18.3 Å². The van der Waals surface area contributed by atoms with Crippen LogP contribution in [-0.2, 0) is 17.5 Å². The number of carbonyl (C=O) groups is 1. The van der Waals surface area contributed by atoms with Crippen molar-refractivity contribution in [3.05, 3.63) is 77.1 Å². The van der Waals surface area contributed by atoms with Gasteiger partial charge >= 0.3 is 6.18 Å². The van der Waals surface area contributed by atoms with Crippen molar-refractivity contribution >= 4 is 5.91 Å². The maximum absolute atomic E-state index is 13.5. The third kappa shape index (κ3) is 5.32. The highest BCUT2D eigenvalue weighted by atomic mass is 19.4. The molecule has 0 radical (unpaired) electrons. The molecule has 2 aliphatic heterocycles. The molecule has 36 heavy (non-hydrogen) atoms. The highest BCUT2D eigenvalue weighted by molar-refractivity contribution is 5.94. The van der Waals surface area contributed by atoms with Gasteiger partial charge in [0.1, 0.15) is 0 Å². The standard InChI is InChI=1S/C27H29F3N4O2/c28-27(29,30)22-10-8-20(9-11-22)23-17-31-32-25(23)24-3-1-2-12-34(24)26(35)21-6-4-19(5-7-21)18-33-13-15-36-16-14-33/h4-11,17,24H,1-3,12-16,18H2,(H,31,32). The van der Waals surface area contributed by atoms with E-state index in [-0.39, 0.29) is 11.9 Å². The topological polar surface area (TPSA) is 61.5 Å². The van der Waals surface area contributed by atoms with Crippen LogP contribution in [0.3, 0.4) is 0 Å². The quantitative estimate of drug-likeness (QED) is 0.519. The van der Waals surface area contributed by atoms with Crippen LogP contribution in [0.2, 0.25) is 0 Å². The summed E-state index contributed by atoms with van der Waals surface area (Å²) < 4.78 is 44.4. The van der Waals surface area contributed by atoms with E-state index in [1.54, 1.807) is 6.20 Å². The molecule has 1 aromatic heterocycles. The van der Waals surface area contributed by atoms with E-state index in [9.17, 15) is 18.0 Å². The van der Waals surface area contributed by atoms with Gasteiger partial charge in [0.25, 0.3) is 5.91 Å². The SMILES string of the molecule is O=C(c1ccc(CN2CCOCC2)cc1)N1CCCCC1c1[nH]ncc1-c1ccc(C(F)(F)F)cc1. The van der Waals surface area contributed by atoms with Crippen molar-refractivity contribution in [3.8, 4) is 11.1 Å². The Kier molecular flexibility index (Phi) is 7.11. The fraction of sp³-hybridized carbons (Fsp3) is 0.407. The number of aromatic amines is 1. The van der Waals surface area contributed by atoms with Crippen molar-refractivity contribution < 1.29 is 22.7 Å². The van der Waals surface area contributed by atoms with Crippen LogP contribution < -0.4 is 0 Å². The maximum atomic E-state index is 13.5. The van der Waals surface area contributed by atoms with Crippen molar-refractivity contribution in [2.24, 2.45) is 0 Å². The summed E-state index contributed by atoms with van der Waals surface area (Å²) in [7, 11) is 0. The van der Waals surface area contributed by atoms with E-state index >= 15 is 0 Å². The summed E-state index contributed by atoms with van der Waals surface area (Å²) >= 11 is 0. The second-order valence-electron chi connectivity index (χ2n) is 9.37. The average molecular weight is 499 g/mol. The van der Waals surface area contributed by atoms with Crippen LogP contribution in [-0.4, -0.2) is 58.8 Å². The summed E-state index contributed by atoms with van der Waals surface area (Å²) in [5.74, 6) is -0.0504. The van der Waals surface area contributed by atoms with Crippen molar-refractivity contribution in [2.75, 3.05) is 32.8 Å². The first-order valence-corrected chi connectivity index (χ1v) is 12.3. The summed E-state index contributed by atoms with van der Waals surface area (Å²) in [6, 6.07) is 12.6. The predicted octanol–water partition coefficient (Wildman–Crippen LogP) is 5.30. The molecule has 2 aromatic carbocycles. The lowest BCUT2D eigenvalue weighted by molar-refractivity contribution is -0.137. The third-order valence-corrected chi connectivity index (χ3v) is 7.00. The van der Waals surface area contributed by atoms with Gasteiger partial charge in [-0.15, -0.1) is 0 Å². The maximum Gasteiger partial charge on any atom is 0.416 e. The number of ether oxygens (including phenoxy) is 1. The van der Waals surface area contributed by atoms with Gasteiger partial charge in [0.15, 0.2) is 0 Å². The number of H-pyrrole nitrogens is 1. The zero-order valence-electron chi connectivity index (χ0n) is 19.9. The number of amides is 1. The Morgan fingerprint density at radius 1 is 1.00 bits per heavy atom. The summed E-state index contributed by atoms with van der Waals surface area (Å²) in [4.78, 5) is 17.7. The van der Waals surface area contributed by atoms with Gasteiger partial charge < -0.3 is 9.64 Å². The minimum absolute atomic E-state index is 0.0504. The lowest BCUT2D eigenvalue weighted by atomic mass is 9.93. The highest BCUT2D eigenvalue weighted by Gasteiger charge is 2.33. The predicted molar refractivity (Wildman–Crippen MR) is 129 cm³/mol. The number of piperidine rings is 1. The lowest BCUT2D eigenvalue weighted by Crippen LogP contribution is -2.39. The molecule has 6 nitrogen and oxygen atoms in total. The number of likely N-dealkylation sites (tertiary alicyclic amines) is 1. The number of rotatable bonds is 5. The Morgan fingerprint density at radius 2 is 1.72 bits per heavy atom. The van der Waals surface area contributed by atoms with Gasteiger partial charge in [-0.25, -0.2) is 0 Å². The molecule has 5 rings (SSSR count). The Labute approximate surface area is 208 Å². The number of benzene rings is 2. The van der Waals surface area contributed by atoms with Gasteiger partial charge in [0.05, 0.1) is 36.7 Å². The molecular formula is C27H29F3N4O2. The number of nitrogens with zero attached hydrogens (tertiary/aromatic N) is 3. The normalized spacial score (nSPS) is 19.4. The molecule has 1 atom stereocenters. The number of morpholine rings is 1. The number of halogens is 3. The molecule has 1 amide bonds. The molecule has 0 spiro atoms. The van der Waals surface area contributed by atoms with Gasteiger partial charge in [-0.05, 0) is 54.7 Å². The second-order valence-corrected chi connectivity index (χ2v) is 9.37. The van der Waals surface area contributed by atoms with Crippen molar-refractivity contribution in [2.45, 2.75) is 38.0 Å². The number of carbonyl (C=O) groups excluding carboxylic acids is 1. The monoisotopic (exact) mass is 498 g/mol. The summed E-state index contributed by atoms with van der Waals surface area (Å²) in [6.45, 7) is 4.74. The smallest absolute Gasteiger partial charge is 0.379 e. The molecule has 3 heterocycles. The molecule has 1 N–H and O–H groups in total. The first kappa shape index (κ1) is 24.5. The summed E-state index contributed by atoms with van der Waals surface area (Å²) in [6.07, 6.45) is -0.145. The summed E-state index contributed by atoms with van der Waals surface area (Å²) in [5, 5.41) is 7.21. The first-order valence-electron chi connectivity index (χ1n) is 12.3. The molecule has 1 unspecified atom stereocenters. The van der Waals surface area contributed by atoms with Gasteiger partial charge in [0, 0.05) is 37.3 Å². The van der Waals surface area contributed by atoms with E-state index in [0.717, 1.165) is 75.5 Å². The Morgan fingerprint density at radius 3 is 2.42 bits per heavy atom. The molecule has 9 heteroatoms. The largest absolute Gasteiger partial charge is 0.416 e. The fourth-order valence-corrected chi connectivity index (χ4v) is 5.03. The Bertz CT molecular complexity index is 1170. The van der Waals surface area contributed by atoms with E-state index in [2.05, 4.69) is 15.1 Å². The van der Waals surface area contributed by atoms with E-state index in [0.29, 0.717) is 23.2 Å². The molecule has 2 saturated heterocycles. The van der Waals surface area contributed by atoms with Crippen LogP contribution in [0.1, 0.15) is 52.5 Å². The van der Waals surface area contributed by atoms with Crippen LogP contribution in [0.4, 0.5) is 13.2 Å². The molecule has 0 aliphatic carbocycles. The number of nitrogens with one attached hydrogen (secondary N) is 1. The average Bonchev–Trinajstić information content (AvgIpc) is 3.39. The number of alkyl halides is 3. The Balaban J connectivity index is 1.34. The third-order valence-electron chi connectivity index (χ3n) is 7.00. The van der Waals surface area contributed by atoms with Crippen molar-refractivity contribution in [1.29, 1.82) is 0 Å². The van der Waals surface area contributed by atoms with Crippen molar-refractivity contribution in [1.82, 2.24) is 20.0 Å². The molecule has 3 aromatic rings. The van der Waals surface area contributed by atoms with E-state index in [1.165, 1.54) is 12.1 Å². The molecule has 0 bridgehead atoms. The molecule has 2 aliphatic rings. The zero-order chi connectivity index (χ0) is 25.1. The van der Waals surface area contributed by atoms with Crippen LogP contribution in [0.15, 0.2) is 54.7 Å². The Hall–Kier alpha value is -3.17. The minimum Gasteiger partial charge on any atom is -0.379 e. The van der Waals surface area contributed by atoms with Crippen LogP contribution in [0.25, 0.3) is 11.1 Å².